The molecule has 1 aromatic heterocycles. The number of hydrogen-bond donors (Lipinski definition) is 1. The van der Waals surface area contributed by atoms with E-state index in [-0.39, 0.29) is 17.9 Å². The molecule has 2 heterocycles. The minimum Gasteiger partial charge on any atom is -0.507 e. The number of hydrogen-bond acceptors (Lipinski definition) is 5. The molecule has 0 aliphatic carbocycles. The zero-order chi connectivity index (χ0) is 25.1. The Hall–Kier alpha value is -3.64. The second kappa shape index (κ2) is 10.3. The van der Waals surface area contributed by atoms with Crippen molar-refractivity contribution in [1.29, 1.82) is 0 Å². The Labute approximate surface area is 209 Å². The Balaban J connectivity index is 1.84. The number of aliphatic hydroxyl groups excluding tert-OH is 1. The highest BCUT2D eigenvalue weighted by atomic mass is 35.5. The minimum atomic E-state index is -0.762. The molecule has 1 aliphatic rings. The van der Waals surface area contributed by atoms with Gasteiger partial charge in [-0.05, 0) is 53.8 Å². The standard InChI is InChI=1S/C28H27ClN2O4/c1-4-35-23-12-11-21(14-22(23)29)26(32)24-25(20-9-7-19(8-10-20)17(2)3)31(28(34)27(24)33)16-18-6-5-13-30-15-18/h5-15,17,25,32H,4,16H2,1-3H3/b26-24+/t25-/m1/s1. The number of halogens is 1. The number of Topliss-reactive ketones (excluding diaryl/α,β-unsaturated/α-hetero) is 1. The number of aliphatic hydroxyl groups is 1. The van der Waals surface area contributed by atoms with Crippen LogP contribution in [0.25, 0.3) is 5.76 Å². The van der Waals surface area contributed by atoms with Crippen molar-refractivity contribution in [3.8, 4) is 5.75 Å². The van der Waals surface area contributed by atoms with Crippen molar-refractivity contribution in [1.82, 2.24) is 9.88 Å². The predicted molar refractivity (Wildman–Crippen MR) is 135 cm³/mol. The first kappa shape index (κ1) is 24.5. The highest BCUT2D eigenvalue weighted by Gasteiger charge is 2.46. The Morgan fingerprint density at radius 1 is 1.14 bits per heavy atom. The van der Waals surface area contributed by atoms with E-state index < -0.39 is 17.7 Å². The van der Waals surface area contributed by atoms with Crippen molar-refractivity contribution >= 4 is 29.1 Å². The van der Waals surface area contributed by atoms with Crippen LogP contribution in [0, 0.1) is 0 Å². The SMILES string of the molecule is CCOc1ccc(/C(O)=C2\C(=O)C(=O)N(Cc3cccnc3)[C@@H]2c2ccc(C(C)C)cc2)cc1Cl. The average molecular weight is 491 g/mol. The molecule has 1 fully saturated rings. The van der Waals surface area contributed by atoms with E-state index in [4.69, 9.17) is 16.3 Å². The number of carbonyl (C=O) groups is 2. The third-order valence-corrected chi connectivity index (χ3v) is 6.34. The maximum absolute atomic E-state index is 13.3. The summed E-state index contributed by atoms with van der Waals surface area (Å²) >= 11 is 6.33. The molecule has 1 N–H and O–H groups in total. The molecule has 1 atom stereocenters. The Kier molecular flexibility index (Phi) is 7.22. The first-order valence-electron chi connectivity index (χ1n) is 11.5. The summed E-state index contributed by atoms with van der Waals surface area (Å²) in [5, 5.41) is 11.6. The van der Waals surface area contributed by atoms with Crippen LogP contribution < -0.4 is 4.74 Å². The fraction of sp³-hybridized carbons (Fsp3) is 0.250. The van der Waals surface area contributed by atoms with Crippen molar-refractivity contribution in [3.05, 3.63) is 99.8 Å². The first-order chi connectivity index (χ1) is 16.8. The van der Waals surface area contributed by atoms with Crippen LogP contribution in [0.1, 0.15) is 55.0 Å². The normalized spacial score (nSPS) is 17.3. The summed E-state index contributed by atoms with van der Waals surface area (Å²) in [7, 11) is 0. The van der Waals surface area contributed by atoms with Gasteiger partial charge in [-0.15, -0.1) is 0 Å². The van der Waals surface area contributed by atoms with E-state index >= 15 is 0 Å². The third kappa shape index (κ3) is 4.93. The third-order valence-electron chi connectivity index (χ3n) is 6.04. The van der Waals surface area contributed by atoms with Crippen LogP contribution in [-0.2, 0) is 16.1 Å². The van der Waals surface area contributed by atoms with Gasteiger partial charge in [0.15, 0.2) is 0 Å². The van der Waals surface area contributed by atoms with Gasteiger partial charge in [-0.2, -0.15) is 0 Å². The van der Waals surface area contributed by atoms with Crippen LogP contribution in [0.15, 0.2) is 72.6 Å². The van der Waals surface area contributed by atoms with Crippen molar-refractivity contribution in [2.75, 3.05) is 6.61 Å². The van der Waals surface area contributed by atoms with Gasteiger partial charge in [-0.3, -0.25) is 14.6 Å². The van der Waals surface area contributed by atoms with Crippen LogP contribution in [-0.4, -0.2) is 33.3 Å². The molecule has 7 heteroatoms. The lowest BCUT2D eigenvalue weighted by Gasteiger charge is -2.25. The molecule has 0 unspecified atom stereocenters. The van der Waals surface area contributed by atoms with E-state index in [0.29, 0.717) is 28.9 Å². The number of ether oxygens (including phenoxy) is 1. The summed E-state index contributed by atoms with van der Waals surface area (Å²) in [5.41, 5.74) is 3.01. The molecular weight excluding hydrogens is 464 g/mol. The number of benzene rings is 2. The molecule has 0 spiro atoms. The largest absolute Gasteiger partial charge is 0.507 e. The second-order valence-corrected chi connectivity index (χ2v) is 9.10. The summed E-state index contributed by atoms with van der Waals surface area (Å²) in [4.78, 5) is 32.0. The molecular formula is C28H27ClN2O4. The Bertz CT molecular complexity index is 1270. The van der Waals surface area contributed by atoms with Crippen molar-refractivity contribution in [2.24, 2.45) is 0 Å². The number of aromatic nitrogens is 1. The molecule has 0 bridgehead atoms. The first-order valence-corrected chi connectivity index (χ1v) is 11.9. The molecule has 1 aliphatic heterocycles. The molecule has 3 aromatic rings. The van der Waals surface area contributed by atoms with Crippen LogP contribution in [0.5, 0.6) is 5.75 Å². The molecule has 2 aromatic carbocycles. The molecule has 0 saturated carbocycles. The monoisotopic (exact) mass is 490 g/mol. The van der Waals surface area contributed by atoms with Crippen molar-refractivity contribution in [3.63, 3.8) is 0 Å². The summed E-state index contributed by atoms with van der Waals surface area (Å²) in [6, 6.07) is 15.4. The van der Waals surface area contributed by atoms with E-state index in [1.54, 1.807) is 30.6 Å². The average Bonchev–Trinajstić information content (AvgIpc) is 3.10. The Morgan fingerprint density at radius 3 is 2.49 bits per heavy atom. The van der Waals surface area contributed by atoms with Gasteiger partial charge < -0.3 is 14.7 Å². The van der Waals surface area contributed by atoms with Gasteiger partial charge >= 0.3 is 0 Å². The molecule has 1 saturated heterocycles. The molecule has 6 nitrogen and oxygen atoms in total. The molecule has 4 rings (SSSR count). The van der Waals surface area contributed by atoms with Gasteiger partial charge in [-0.1, -0.05) is 55.8 Å². The summed E-state index contributed by atoms with van der Waals surface area (Å²) in [6.07, 6.45) is 3.31. The predicted octanol–water partition coefficient (Wildman–Crippen LogP) is 5.88. The lowest BCUT2D eigenvalue weighted by Crippen LogP contribution is -2.29. The van der Waals surface area contributed by atoms with Gasteiger partial charge in [0, 0.05) is 24.5 Å². The van der Waals surface area contributed by atoms with E-state index in [1.807, 2.05) is 37.3 Å². The summed E-state index contributed by atoms with van der Waals surface area (Å²) in [5.74, 6) is -0.889. The zero-order valence-corrected chi connectivity index (χ0v) is 20.6. The van der Waals surface area contributed by atoms with E-state index in [9.17, 15) is 14.7 Å². The molecule has 0 radical (unpaired) electrons. The number of amides is 1. The van der Waals surface area contributed by atoms with Crippen molar-refractivity contribution < 1.29 is 19.4 Å². The summed E-state index contributed by atoms with van der Waals surface area (Å²) < 4.78 is 5.47. The zero-order valence-electron chi connectivity index (χ0n) is 19.9. The number of likely N-dealkylation sites (tertiary alicyclic amines) is 1. The quantitative estimate of drug-likeness (QED) is 0.254. The maximum atomic E-state index is 13.3. The molecule has 1 amide bonds. The highest BCUT2D eigenvalue weighted by Crippen LogP contribution is 2.41. The van der Waals surface area contributed by atoms with E-state index in [0.717, 1.165) is 16.7 Å². The number of nitrogens with zero attached hydrogens (tertiary/aromatic N) is 2. The van der Waals surface area contributed by atoms with E-state index in [2.05, 4.69) is 18.8 Å². The molecule has 180 valence electrons. The topological polar surface area (TPSA) is 79.7 Å². The number of carbonyl (C=O) groups excluding carboxylic acids is 2. The van der Waals surface area contributed by atoms with E-state index in [1.165, 1.54) is 11.0 Å². The van der Waals surface area contributed by atoms with Crippen LogP contribution in [0.4, 0.5) is 0 Å². The fourth-order valence-corrected chi connectivity index (χ4v) is 4.45. The number of pyridine rings is 1. The van der Waals surface area contributed by atoms with Gasteiger partial charge in [0.2, 0.25) is 0 Å². The molecule has 35 heavy (non-hydrogen) atoms. The second-order valence-electron chi connectivity index (χ2n) is 8.69. The highest BCUT2D eigenvalue weighted by molar-refractivity contribution is 6.46. The lowest BCUT2D eigenvalue weighted by molar-refractivity contribution is -0.140. The van der Waals surface area contributed by atoms with Gasteiger partial charge in [0.05, 0.1) is 23.2 Å². The van der Waals surface area contributed by atoms with Crippen LogP contribution in [0.3, 0.4) is 0 Å². The van der Waals surface area contributed by atoms with Crippen LogP contribution >= 0.6 is 11.6 Å². The minimum absolute atomic E-state index is 0.0245. The van der Waals surface area contributed by atoms with Gasteiger partial charge in [-0.25, -0.2) is 0 Å². The van der Waals surface area contributed by atoms with Gasteiger partial charge in [0.25, 0.3) is 11.7 Å². The smallest absolute Gasteiger partial charge is 0.295 e. The van der Waals surface area contributed by atoms with Crippen molar-refractivity contribution in [2.45, 2.75) is 39.3 Å². The lowest BCUT2D eigenvalue weighted by atomic mass is 9.93. The fourth-order valence-electron chi connectivity index (χ4n) is 4.22. The number of ketones is 1. The van der Waals surface area contributed by atoms with Crippen LogP contribution in [0.2, 0.25) is 5.02 Å². The summed E-state index contributed by atoms with van der Waals surface area (Å²) in [6.45, 7) is 6.66. The van der Waals surface area contributed by atoms with Gasteiger partial charge in [0.1, 0.15) is 11.5 Å². The maximum Gasteiger partial charge on any atom is 0.295 e. The Morgan fingerprint density at radius 2 is 1.89 bits per heavy atom. The number of rotatable bonds is 7.